The number of aromatic nitrogens is 2. The predicted molar refractivity (Wildman–Crippen MR) is 118 cm³/mol. The lowest BCUT2D eigenvalue weighted by atomic mass is 9.93. The van der Waals surface area contributed by atoms with Crippen molar-refractivity contribution >= 4 is 67.8 Å². The number of hydrogen-bond donors (Lipinski definition) is 2. The number of carboxylic acids is 1. The van der Waals surface area contributed by atoms with Crippen molar-refractivity contribution in [2.24, 2.45) is 0 Å². The molecule has 0 aliphatic heterocycles. The van der Waals surface area contributed by atoms with Gasteiger partial charge in [0, 0.05) is 4.47 Å². The molecular formula is C20H20BrCl2N3O2. The van der Waals surface area contributed by atoms with E-state index in [1.165, 1.54) is 0 Å². The number of imidazole rings is 1. The summed E-state index contributed by atoms with van der Waals surface area (Å²) >= 11 is 16.1. The van der Waals surface area contributed by atoms with Gasteiger partial charge in [0.1, 0.15) is 12.1 Å². The molecule has 0 aliphatic carbocycles. The zero-order chi connectivity index (χ0) is 20.4. The van der Waals surface area contributed by atoms with Gasteiger partial charge in [0.2, 0.25) is 5.95 Å². The lowest BCUT2D eigenvalue weighted by Gasteiger charge is -2.17. The van der Waals surface area contributed by atoms with Crippen LogP contribution in [0, 0.1) is 0 Å². The van der Waals surface area contributed by atoms with Gasteiger partial charge in [-0.15, -0.1) is 0 Å². The molecule has 5 nitrogen and oxygen atoms in total. The van der Waals surface area contributed by atoms with Gasteiger partial charge in [-0.1, -0.05) is 59.0 Å². The number of nitrogens with zero attached hydrogens (tertiary/aromatic N) is 2. The first kappa shape index (κ1) is 21.0. The monoisotopic (exact) mass is 483 g/mol. The van der Waals surface area contributed by atoms with E-state index in [0.29, 0.717) is 27.2 Å². The van der Waals surface area contributed by atoms with Crippen molar-refractivity contribution in [3.05, 3.63) is 50.4 Å². The number of fused-ring (bicyclic) bond motifs is 1. The molecule has 3 aromatic rings. The Hall–Kier alpha value is -1.76. The van der Waals surface area contributed by atoms with E-state index in [-0.39, 0.29) is 12.5 Å². The summed E-state index contributed by atoms with van der Waals surface area (Å²) in [7, 11) is 0. The summed E-state index contributed by atoms with van der Waals surface area (Å²) in [6.45, 7) is 4.00. The molecule has 8 heteroatoms. The summed E-state index contributed by atoms with van der Waals surface area (Å²) in [6.07, 6.45) is 1.87. The minimum absolute atomic E-state index is 0.236. The van der Waals surface area contributed by atoms with Crippen molar-refractivity contribution < 1.29 is 9.90 Å². The smallest absolute Gasteiger partial charge is 0.323 e. The van der Waals surface area contributed by atoms with Crippen LogP contribution in [0.25, 0.3) is 11.0 Å². The Balaban J connectivity index is 2.23. The molecule has 0 aliphatic rings. The Bertz CT molecular complexity index is 1030. The number of halogens is 3. The fourth-order valence-corrected chi connectivity index (χ4v) is 4.30. The van der Waals surface area contributed by atoms with Crippen LogP contribution in [0.1, 0.15) is 38.2 Å². The van der Waals surface area contributed by atoms with Crippen LogP contribution >= 0.6 is 39.1 Å². The quantitative estimate of drug-likeness (QED) is 0.385. The molecule has 3 rings (SSSR count). The molecule has 0 unspecified atom stereocenters. The van der Waals surface area contributed by atoms with Crippen LogP contribution in [0.3, 0.4) is 0 Å². The molecule has 0 amide bonds. The van der Waals surface area contributed by atoms with Crippen LogP contribution in [0.5, 0.6) is 0 Å². The second kappa shape index (κ2) is 8.72. The average Bonchev–Trinajstić information content (AvgIpc) is 2.99. The Labute approximate surface area is 181 Å². The van der Waals surface area contributed by atoms with E-state index in [4.69, 9.17) is 23.2 Å². The largest absolute Gasteiger partial charge is 0.480 e. The fourth-order valence-electron chi connectivity index (χ4n) is 3.39. The highest BCUT2D eigenvalue weighted by Gasteiger charge is 2.22. The van der Waals surface area contributed by atoms with Crippen LogP contribution < -0.4 is 5.32 Å². The molecule has 28 heavy (non-hydrogen) atoms. The highest BCUT2D eigenvalue weighted by Crippen LogP contribution is 2.37. The predicted octanol–water partition coefficient (Wildman–Crippen LogP) is 6.84. The number of carboxylic acid groups (broad SMARTS) is 1. The molecule has 0 radical (unpaired) electrons. The number of nitrogens with one attached hydrogen (secondary N) is 1. The van der Waals surface area contributed by atoms with E-state index in [9.17, 15) is 9.90 Å². The Morgan fingerprint density at radius 3 is 2.54 bits per heavy atom. The summed E-state index contributed by atoms with van der Waals surface area (Å²) in [5.41, 5.74) is 3.02. The number of hydrogen-bond acceptors (Lipinski definition) is 3. The molecule has 2 N–H and O–H groups in total. The molecule has 0 fully saturated rings. The van der Waals surface area contributed by atoms with Crippen molar-refractivity contribution in [2.75, 3.05) is 5.32 Å². The van der Waals surface area contributed by atoms with Gasteiger partial charge in [0.25, 0.3) is 0 Å². The normalized spacial score (nSPS) is 11.4. The van der Waals surface area contributed by atoms with Gasteiger partial charge in [-0.3, -0.25) is 9.36 Å². The minimum Gasteiger partial charge on any atom is -0.480 e. The summed E-state index contributed by atoms with van der Waals surface area (Å²) in [5.74, 6) is -0.283. The Morgan fingerprint density at radius 2 is 1.93 bits per heavy atom. The second-order valence-corrected chi connectivity index (χ2v) is 8.24. The van der Waals surface area contributed by atoms with Crippen LogP contribution in [0.2, 0.25) is 10.0 Å². The van der Waals surface area contributed by atoms with E-state index in [1.54, 1.807) is 16.7 Å². The van der Waals surface area contributed by atoms with Gasteiger partial charge in [-0.25, -0.2) is 4.98 Å². The van der Waals surface area contributed by atoms with Crippen LogP contribution in [-0.4, -0.2) is 20.6 Å². The molecule has 0 spiro atoms. The fraction of sp³-hybridized carbons (Fsp3) is 0.300. The Morgan fingerprint density at radius 1 is 1.21 bits per heavy atom. The molecule has 1 heterocycles. The lowest BCUT2D eigenvalue weighted by Crippen LogP contribution is -2.13. The van der Waals surface area contributed by atoms with Gasteiger partial charge in [-0.05, 0) is 48.6 Å². The maximum Gasteiger partial charge on any atom is 0.323 e. The number of rotatable bonds is 7. The first-order valence-electron chi connectivity index (χ1n) is 8.98. The van der Waals surface area contributed by atoms with Crippen LogP contribution in [0.15, 0.2) is 34.8 Å². The van der Waals surface area contributed by atoms with Crippen molar-refractivity contribution in [2.45, 2.75) is 39.2 Å². The van der Waals surface area contributed by atoms with Crippen molar-refractivity contribution in [1.82, 2.24) is 9.55 Å². The van der Waals surface area contributed by atoms with E-state index >= 15 is 0 Å². The van der Waals surface area contributed by atoms with E-state index in [0.717, 1.165) is 28.4 Å². The molecule has 0 saturated carbocycles. The topological polar surface area (TPSA) is 67.2 Å². The van der Waals surface area contributed by atoms with Gasteiger partial charge >= 0.3 is 5.97 Å². The minimum atomic E-state index is -0.959. The first-order valence-corrected chi connectivity index (χ1v) is 10.5. The van der Waals surface area contributed by atoms with E-state index in [1.807, 2.05) is 18.2 Å². The highest BCUT2D eigenvalue weighted by molar-refractivity contribution is 9.10. The summed E-state index contributed by atoms with van der Waals surface area (Å²) in [6, 6.07) is 9.21. The third-order valence-electron chi connectivity index (χ3n) is 4.77. The molecule has 1 aromatic heterocycles. The number of aliphatic carboxylic acids is 1. The molecule has 0 bridgehead atoms. The van der Waals surface area contributed by atoms with E-state index in [2.05, 4.69) is 40.1 Å². The summed E-state index contributed by atoms with van der Waals surface area (Å²) < 4.78 is 2.51. The highest BCUT2D eigenvalue weighted by atomic mass is 79.9. The lowest BCUT2D eigenvalue weighted by molar-refractivity contribution is -0.137. The van der Waals surface area contributed by atoms with Gasteiger partial charge in [0.15, 0.2) is 0 Å². The first-order chi connectivity index (χ1) is 13.3. The third-order valence-corrected chi connectivity index (χ3v) is 5.88. The number of anilines is 2. The number of benzene rings is 2. The molecule has 2 aromatic carbocycles. The standard InChI is InChI=1S/C20H20BrCl2N3O2/c1-3-11(4-2)13-6-7-14(22)18-19(13)26(10-17(27)28)20(25-18)24-16-8-5-12(21)9-15(16)23/h5-9,11H,3-4,10H2,1-2H3,(H,24,25)(H,27,28). The number of carbonyl (C=O) groups is 1. The molecule has 0 atom stereocenters. The van der Waals surface area contributed by atoms with Crippen LogP contribution in [-0.2, 0) is 11.3 Å². The third kappa shape index (κ3) is 4.14. The van der Waals surface area contributed by atoms with Gasteiger partial charge < -0.3 is 10.4 Å². The van der Waals surface area contributed by atoms with Crippen molar-refractivity contribution in [3.8, 4) is 0 Å². The zero-order valence-corrected chi connectivity index (χ0v) is 18.6. The SMILES string of the molecule is CCC(CC)c1ccc(Cl)c2nc(Nc3ccc(Br)cc3Cl)n(CC(=O)O)c12. The zero-order valence-electron chi connectivity index (χ0n) is 15.5. The summed E-state index contributed by atoms with van der Waals surface area (Å²) in [4.78, 5) is 16.2. The average molecular weight is 485 g/mol. The van der Waals surface area contributed by atoms with E-state index < -0.39 is 5.97 Å². The molecular weight excluding hydrogens is 465 g/mol. The Kier molecular flexibility index (Phi) is 6.53. The maximum atomic E-state index is 11.6. The van der Waals surface area contributed by atoms with Gasteiger partial charge in [0.05, 0.1) is 21.2 Å². The van der Waals surface area contributed by atoms with Crippen molar-refractivity contribution in [3.63, 3.8) is 0 Å². The molecule has 0 saturated heterocycles. The van der Waals surface area contributed by atoms with Gasteiger partial charge in [-0.2, -0.15) is 0 Å². The second-order valence-electron chi connectivity index (χ2n) is 6.51. The molecule has 148 valence electrons. The summed E-state index contributed by atoms with van der Waals surface area (Å²) in [5, 5.41) is 13.6. The maximum absolute atomic E-state index is 11.6. The van der Waals surface area contributed by atoms with Crippen LogP contribution in [0.4, 0.5) is 11.6 Å². The van der Waals surface area contributed by atoms with Crippen molar-refractivity contribution in [1.29, 1.82) is 0 Å².